The van der Waals surface area contributed by atoms with Crippen LogP contribution in [-0.2, 0) is 38.6 Å². The van der Waals surface area contributed by atoms with Crippen molar-refractivity contribution in [2.75, 3.05) is 28.4 Å². The standard InChI is InChI=1S/2C30H27N3O2.3ClH.Cr/c2*1-33-28(20-31-19-23-14-15-24(34-2)18-27(23)35-3)32-29-25(21-10-6-4-7-11-21)16-17-26(30(29)33)22-12-8-5-9-13-22;;;;/h2*4-18,20H,19H2,1-3H3;3*1H;/q;;;;;+3/p-3. The normalized spacial score (nSPS) is 11.2. The molecule has 10 aromatic rings. The average molecular weight is 1080 g/mol. The number of fused-ring (bicyclic) bond motifs is 2. The Bertz CT molecular complexity index is 3290. The van der Waals surface area contributed by atoms with Gasteiger partial charge in [-0.3, -0.25) is 9.98 Å². The molecule has 0 aliphatic rings. The summed E-state index contributed by atoms with van der Waals surface area (Å²) in [4.78, 5) is 19.5. The van der Waals surface area contributed by atoms with Gasteiger partial charge in [-0.2, -0.15) is 0 Å². The maximum absolute atomic E-state index is 5.52. The van der Waals surface area contributed by atoms with Crippen molar-refractivity contribution >= 4 is 64.6 Å². The molecule has 14 heteroatoms. The molecule has 10 nitrogen and oxygen atoms in total. The summed E-state index contributed by atoms with van der Waals surface area (Å²) < 4.78 is 25.9. The number of methoxy groups -OCH3 is 4. The van der Waals surface area contributed by atoms with E-state index in [0.29, 0.717) is 13.1 Å². The number of aromatic nitrogens is 4. The van der Waals surface area contributed by atoms with Crippen LogP contribution in [0.2, 0.25) is 0 Å². The van der Waals surface area contributed by atoms with Crippen molar-refractivity contribution in [3.63, 3.8) is 0 Å². The molecule has 0 fully saturated rings. The van der Waals surface area contributed by atoms with Gasteiger partial charge in [-0.1, -0.05) is 146 Å². The third-order valence-corrected chi connectivity index (χ3v) is 12.4. The molecule has 0 amide bonds. The maximum atomic E-state index is 5.52. The topological polar surface area (TPSA) is 97.3 Å². The molecule has 0 N–H and O–H groups in total. The summed E-state index contributed by atoms with van der Waals surface area (Å²) in [5.41, 5.74) is 15.2. The molecule has 0 saturated carbocycles. The predicted octanol–water partition coefficient (Wildman–Crippen LogP) is 15.2. The number of hydrogen-bond donors (Lipinski definition) is 0. The van der Waals surface area contributed by atoms with E-state index in [-0.39, 0.29) is 0 Å². The molecule has 74 heavy (non-hydrogen) atoms. The van der Waals surface area contributed by atoms with Crippen LogP contribution in [0, 0.1) is 0 Å². The van der Waals surface area contributed by atoms with Crippen LogP contribution < -0.4 is 18.9 Å². The number of nitrogens with zero attached hydrogens (tertiary/aromatic N) is 6. The Hall–Kier alpha value is -7.36. The van der Waals surface area contributed by atoms with Gasteiger partial charge >= 0.3 is 41.5 Å². The van der Waals surface area contributed by atoms with E-state index in [1.165, 1.54) is 0 Å². The first-order valence-electron chi connectivity index (χ1n) is 23.5. The first-order chi connectivity index (χ1) is 36.1. The molecule has 2 aromatic heterocycles. The fraction of sp³-hybridized carbons (Fsp3) is 0.133. The molecule has 0 aliphatic carbocycles. The minimum absolute atomic E-state index is 0.480. The molecule has 0 atom stereocenters. The van der Waals surface area contributed by atoms with E-state index in [1.807, 2.05) is 87.2 Å². The van der Waals surface area contributed by atoms with Gasteiger partial charge in [-0.25, -0.2) is 9.97 Å². The molecule has 8 aromatic carbocycles. The molecule has 375 valence electrons. The van der Waals surface area contributed by atoms with E-state index >= 15 is 0 Å². The number of ether oxygens (including phenoxy) is 4. The van der Waals surface area contributed by atoms with Crippen LogP contribution in [0.1, 0.15) is 22.8 Å². The molecule has 0 radical (unpaired) electrons. The Morgan fingerprint density at radius 1 is 0.432 bits per heavy atom. The van der Waals surface area contributed by atoms with Crippen LogP contribution in [0.4, 0.5) is 0 Å². The zero-order valence-electron chi connectivity index (χ0n) is 41.7. The van der Waals surface area contributed by atoms with E-state index in [1.54, 1.807) is 28.4 Å². The van der Waals surface area contributed by atoms with Crippen LogP contribution in [0.25, 0.3) is 66.6 Å². The van der Waals surface area contributed by atoms with Gasteiger partial charge in [0.15, 0.2) is 11.6 Å². The van der Waals surface area contributed by atoms with Crippen molar-refractivity contribution in [3.05, 3.63) is 205 Å². The summed E-state index contributed by atoms with van der Waals surface area (Å²) in [6, 6.07) is 61.8. The average Bonchev–Trinajstić information content (AvgIpc) is 3.96. The Balaban J connectivity index is 0.000000184. The Kier molecular flexibility index (Phi) is 18.3. The van der Waals surface area contributed by atoms with Crippen molar-refractivity contribution in [2.45, 2.75) is 13.1 Å². The van der Waals surface area contributed by atoms with Gasteiger partial charge in [0.2, 0.25) is 0 Å². The van der Waals surface area contributed by atoms with Crippen molar-refractivity contribution in [3.8, 4) is 67.5 Å². The van der Waals surface area contributed by atoms with E-state index in [4.69, 9.17) is 69.0 Å². The first-order valence-corrected chi connectivity index (χ1v) is 28.7. The first kappa shape index (κ1) is 52.9. The van der Waals surface area contributed by atoms with Crippen LogP contribution in [0.5, 0.6) is 23.0 Å². The van der Waals surface area contributed by atoms with Crippen molar-refractivity contribution in [2.24, 2.45) is 24.1 Å². The summed E-state index contributed by atoms with van der Waals surface area (Å²) in [7, 11) is 25.5. The van der Waals surface area contributed by atoms with Gasteiger partial charge in [0.1, 0.15) is 23.0 Å². The predicted molar refractivity (Wildman–Crippen MR) is 302 cm³/mol. The second-order valence-electron chi connectivity index (χ2n) is 16.7. The molecule has 0 saturated heterocycles. The van der Waals surface area contributed by atoms with Gasteiger partial charge in [0, 0.05) is 59.6 Å². The van der Waals surface area contributed by atoms with E-state index < -0.39 is 11.4 Å². The van der Waals surface area contributed by atoms with Crippen molar-refractivity contribution in [1.82, 2.24) is 19.1 Å². The Labute approximate surface area is 449 Å². The molecule has 0 spiro atoms. The Morgan fingerprint density at radius 3 is 1.05 bits per heavy atom. The SMILES string of the molecule is COc1ccc(CN=Cc2nc3c(-c4ccccc4)ccc(-c4ccccc4)c3n2C)c(OC)c1.COc1ccc(CN=Cc2nc3c(-c4ccccc4)ccc(-c4ccccc4)c3n2C)c(OC)c1.[Cl][Cr]([Cl])[Cl]. The summed E-state index contributed by atoms with van der Waals surface area (Å²) in [6.45, 7) is 0.959. The van der Waals surface area contributed by atoms with Crippen molar-refractivity contribution < 1.29 is 30.3 Å². The molecular weight excluding hydrogens is 1030 g/mol. The Morgan fingerprint density at radius 2 is 0.743 bits per heavy atom. The number of halogens is 3. The van der Waals surface area contributed by atoms with Gasteiger partial charge in [-0.15, -0.1) is 0 Å². The molecular formula is C60H54Cl3CrN6O4. The van der Waals surface area contributed by atoms with Crippen molar-refractivity contribution in [1.29, 1.82) is 0 Å². The molecule has 0 bridgehead atoms. The van der Waals surface area contributed by atoms with Crippen LogP contribution in [-0.4, -0.2) is 60.0 Å². The van der Waals surface area contributed by atoms with Crippen LogP contribution >= 0.6 is 30.1 Å². The van der Waals surface area contributed by atoms with Gasteiger partial charge in [0.25, 0.3) is 0 Å². The number of hydrogen-bond acceptors (Lipinski definition) is 8. The minimum atomic E-state index is -1.62. The monoisotopic (exact) mass is 1080 g/mol. The van der Waals surface area contributed by atoms with E-state index in [2.05, 4.69) is 130 Å². The molecule has 0 aliphatic heterocycles. The molecule has 0 unspecified atom stereocenters. The zero-order chi connectivity index (χ0) is 52.0. The summed E-state index contributed by atoms with van der Waals surface area (Å²) in [6.07, 6.45) is 3.68. The molecule has 10 rings (SSSR count). The zero-order valence-corrected chi connectivity index (χ0v) is 45.3. The van der Waals surface area contributed by atoms with Gasteiger partial charge < -0.3 is 28.1 Å². The third kappa shape index (κ3) is 12.5. The van der Waals surface area contributed by atoms with Crippen LogP contribution in [0.15, 0.2) is 192 Å². The fourth-order valence-corrected chi connectivity index (χ4v) is 8.72. The second-order valence-corrected chi connectivity index (χ2v) is 23.0. The quantitative estimate of drug-likeness (QED) is 0.101. The summed E-state index contributed by atoms with van der Waals surface area (Å²) >= 11 is -1.62. The summed E-state index contributed by atoms with van der Waals surface area (Å²) in [5, 5.41) is 0. The number of imidazole rings is 2. The van der Waals surface area contributed by atoms with E-state index in [0.717, 1.165) is 112 Å². The van der Waals surface area contributed by atoms with Crippen LogP contribution in [0.3, 0.4) is 0 Å². The summed E-state index contributed by atoms with van der Waals surface area (Å²) in [5.74, 6) is 4.62. The van der Waals surface area contributed by atoms with Gasteiger partial charge in [-0.05, 0) is 46.5 Å². The molecule has 2 heterocycles. The van der Waals surface area contributed by atoms with E-state index in [9.17, 15) is 0 Å². The number of rotatable bonds is 14. The van der Waals surface area contributed by atoms with Gasteiger partial charge in [0.05, 0.1) is 76.0 Å². The number of benzene rings is 8. The number of aryl methyl sites for hydroxylation is 2. The fourth-order valence-electron chi connectivity index (χ4n) is 8.72. The third-order valence-electron chi connectivity index (χ3n) is 12.4. The second kappa shape index (κ2) is 25.5. The number of aliphatic imine (C=N–C) groups is 2.